The van der Waals surface area contributed by atoms with Gasteiger partial charge in [0.25, 0.3) is 0 Å². The Labute approximate surface area is 84.6 Å². The average molecular weight is 198 g/mol. The summed E-state index contributed by atoms with van der Waals surface area (Å²) in [5.74, 6) is 0. The Morgan fingerprint density at radius 3 is 2.73 bits per heavy atom. The Kier molecular flexibility index (Phi) is 1.64. The van der Waals surface area contributed by atoms with Gasteiger partial charge < -0.3 is 0 Å². The van der Waals surface area contributed by atoms with Gasteiger partial charge >= 0.3 is 0 Å². The molecule has 0 amide bonds. The van der Waals surface area contributed by atoms with E-state index in [1.54, 1.807) is 12.4 Å². The second-order valence-electron chi connectivity index (χ2n) is 2.98. The highest BCUT2D eigenvalue weighted by molar-refractivity contribution is 5.58. The fourth-order valence-corrected chi connectivity index (χ4v) is 1.33. The van der Waals surface area contributed by atoms with Crippen molar-refractivity contribution in [2.45, 2.75) is 0 Å². The Morgan fingerprint density at radius 2 is 1.87 bits per heavy atom. The van der Waals surface area contributed by atoms with Gasteiger partial charge in [0.05, 0.1) is 5.69 Å². The zero-order chi connectivity index (χ0) is 10.1. The molecule has 0 saturated carbocycles. The zero-order valence-corrected chi connectivity index (χ0v) is 7.65. The summed E-state index contributed by atoms with van der Waals surface area (Å²) in [6.07, 6.45) is 3.45. The maximum atomic E-state index is 4.26. The maximum absolute atomic E-state index is 4.26. The van der Waals surface area contributed by atoms with E-state index in [0.29, 0.717) is 5.65 Å². The van der Waals surface area contributed by atoms with Gasteiger partial charge in [0.2, 0.25) is 0 Å². The lowest BCUT2D eigenvalue weighted by atomic mass is 10.2. The second kappa shape index (κ2) is 3.09. The third-order valence-corrected chi connectivity index (χ3v) is 2.05. The third kappa shape index (κ3) is 1.32. The monoisotopic (exact) mass is 198 g/mol. The van der Waals surface area contributed by atoms with E-state index in [2.05, 4.69) is 25.6 Å². The highest BCUT2D eigenvalue weighted by Crippen LogP contribution is 2.14. The van der Waals surface area contributed by atoms with Crippen molar-refractivity contribution in [2.75, 3.05) is 0 Å². The minimum atomic E-state index is 0.632. The molecule has 0 aromatic carbocycles. The van der Waals surface area contributed by atoms with E-state index in [1.165, 1.54) is 4.63 Å². The minimum Gasteiger partial charge on any atom is -0.265 e. The van der Waals surface area contributed by atoms with E-state index in [4.69, 9.17) is 0 Å². The molecule has 0 fully saturated rings. The van der Waals surface area contributed by atoms with E-state index in [0.717, 1.165) is 11.3 Å². The summed E-state index contributed by atoms with van der Waals surface area (Å²) in [5.41, 5.74) is 2.44. The molecule has 0 radical (unpaired) electrons. The first kappa shape index (κ1) is 7.98. The summed E-state index contributed by atoms with van der Waals surface area (Å²) >= 11 is 0. The lowest BCUT2D eigenvalue weighted by molar-refractivity contribution is 0.736. The number of hydrogen-bond acceptors (Lipinski definition) is 5. The quantitative estimate of drug-likeness (QED) is 0.572. The van der Waals surface area contributed by atoms with Crippen molar-refractivity contribution in [1.82, 2.24) is 30.2 Å². The number of nitrogens with zero attached hydrogens (tertiary/aromatic N) is 6. The van der Waals surface area contributed by atoms with Crippen LogP contribution in [0.15, 0.2) is 36.7 Å². The van der Waals surface area contributed by atoms with Crippen LogP contribution in [0.25, 0.3) is 16.9 Å². The van der Waals surface area contributed by atoms with E-state index in [-0.39, 0.29) is 0 Å². The number of hydrogen-bond donors (Lipinski definition) is 0. The summed E-state index contributed by atoms with van der Waals surface area (Å²) in [6, 6.07) is 7.47. The predicted octanol–water partition coefficient (Wildman–Crippen LogP) is 0.581. The van der Waals surface area contributed by atoms with Gasteiger partial charge in [0.1, 0.15) is 0 Å². The van der Waals surface area contributed by atoms with Crippen LogP contribution < -0.4 is 0 Å². The van der Waals surface area contributed by atoms with Gasteiger partial charge in [-0.25, -0.2) is 0 Å². The summed E-state index contributed by atoms with van der Waals surface area (Å²) < 4.78 is 1.40. The van der Waals surface area contributed by atoms with Gasteiger partial charge in [-0.3, -0.25) is 4.98 Å². The van der Waals surface area contributed by atoms with Crippen LogP contribution in [0, 0.1) is 0 Å². The number of rotatable bonds is 1. The molecule has 3 rings (SSSR count). The molecule has 0 saturated heterocycles. The van der Waals surface area contributed by atoms with Gasteiger partial charge in [0.15, 0.2) is 5.65 Å². The van der Waals surface area contributed by atoms with Gasteiger partial charge in [-0.1, -0.05) is 0 Å². The molecule has 72 valence electrons. The van der Waals surface area contributed by atoms with Crippen molar-refractivity contribution in [3.8, 4) is 11.3 Å². The smallest absolute Gasteiger partial charge is 0.200 e. The third-order valence-electron chi connectivity index (χ3n) is 2.05. The lowest BCUT2D eigenvalue weighted by Crippen LogP contribution is -1.96. The van der Waals surface area contributed by atoms with Crippen LogP contribution in [-0.4, -0.2) is 30.2 Å². The van der Waals surface area contributed by atoms with E-state index in [1.807, 2.05) is 24.3 Å². The standard InChI is InChI=1S/C9H6N6/c1-2-9-11-13-14-15(9)12-8(1)7-3-5-10-6-4-7/h1-6H. The normalized spacial score (nSPS) is 10.7. The second-order valence-corrected chi connectivity index (χ2v) is 2.98. The van der Waals surface area contributed by atoms with Crippen LogP contribution in [0.4, 0.5) is 0 Å². The molecule has 3 heterocycles. The van der Waals surface area contributed by atoms with Crippen molar-refractivity contribution in [3.63, 3.8) is 0 Å². The SMILES string of the molecule is c1cc(-c2ccc3nnnn3n2)ccn1. The molecular formula is C9H6N6. The van der Waals surface area contributed by atoms with Crippen molar-refractivity contribution < 1.29 is 0 Å². The van der Waals surface area contributed by atoms with Crippen LogP contribution in [0.3, 0.4) is 0 Å². The van der Waals surface area contributed by atoms with Crippen LogP contribution in [-0.2, 0) is 0 Å². The number of fused-ring (bicyclic) bond motifs is 1. The molecule has 0 spiro atoms. The highest BCUT2D eigenvalue weighted by Gasteiger charge is 2.02. The number of aromatic nitrogens is 6. The first-order valence-electron chi connectivity index (χ1n) is 4.39. The number of pyridine rings is 1. The molecule has 3 aromatic heterocycles. The molecule has 3 aromatic rings. The molecule has 6 nitrogen and oxygen atoms in total. The molecule has 0 aliphatic heterocycles. The molecule has 0 aliphatic rings. The van der Waals surface area contributed by atoms with Crippen LogP contribution in [0.1, 0.15) is 0 Å². The minimum absolute atomic E-state index is 0.632. The van der Waals surface area contributed by atoms with Gasteiger partial charge in [-0.05, 0) is 34.7 Å². The summed E-state index contributed by atoms with van der Waals surface area (Å²) in [4.78, 5) is 3.95. The van der Waals surface area contributed by atoms with Crippen molar-refractivity contribution in [3.05, 3.63) is 36.7 Å². The average Bonchev–Trinajstić information content (AvgIpc) is 2.77. The lowest BCUT2D eigenvalue weighted by Gasteiger charge is -1.98. The predicted molar refractivity (Wildman–Crippen MR) is 51.8 cm³/mol. The van der Waals surface area contributed by atoms with Crippen LogP contribution in [0.5, 0.6) is 0 Å². The summed E-state index contributed by atoms with van der Waals surface area (Å²) in [6.45, 7) is 0. The van der Waals surface area contributed by atoms with Crippen LogP contribution >= 0.6 is 0 Å². The van der Waals surface area contributed by atoms with E-state index in [9.17, 15) is 0 Å². The van der Waals surface area contributed by atoms with Crippen LogP contribution in [0.2, 0.25) is 0 Å². The fraction of sp³-hybridized carbons (Fsp3) is 0. The highest BCUT2D eigenvalue weighted by atomic mass is 15.6. The van der Waals surface area contributed by atoms with E-state index < -0.39 is 0 Å². The molecule has 0 N–H and O–H groups in total. The largest absolute Gasteiger partial charge is 0.265 e. The van der Waals surface area contributed by atoms with Crippen molar-refractivity contribution >= 4 is 5.65 Å². The Bertz CT molecular complexity index is 588. The van der Waals surface area contributed by atoms with Crippen molar-refractivity contribution in [2.24, 2.45) is 0 Å². The maximum Gasteiger partial charge on any atom is 0.200 e. The first-order valence-corrected chi connectivity index (χ1v) is 4.39. The van der Waals surface area contributed by atoms with Gasteiger partial charge in [0, 0.05) is 18.0 Å². The first-order chi connectivity index (χ1) is 7.43. The van der Waals surface area contributed by atoms with E-state index >= 15 is 0 Å². The zero-order valence-electron chi connectivity index (χ0n) is 7.65. The Hall–Kier alpha value is -2.37. The summed E-state index contributed by atoms with van der Waals surface area (Å²) in [5, 5.41) is 15.3. The molecular weight excluding hydrogens is 192 g/mol. The Morgan fingerprint density at radius 1 is 1.00 bits per heavy atom. The fourth-order valence-electron chi connectivity index (χ4n) is 1.33. The topological polar surface area (TPSA) is 68.9 Å². The molecule has 15 heavy (non-hydrogen) atoms. The summed E-state index contributed by atoms with van der Waals surface area (Å²) in [7, 11) is 0. The van der Waals surface area contributed by atoms with Gasteiger partial charge in [-0.2, -0.15) is 0 Å². The molecule has 6 heteroatoms. The van der Waals surface area contributed by atoms with Crippen molar-refractivity contribution in [1.29, 1.82) is 0 Å². The molecule has 0 atom stereocenters. The molecule has 0 bridgehead atoms. The van der Waals surface area contributed by atoms with Gasteiger partial charge in [-0.15, -0.1) is 14.8 Å². The molecule has 0 aliphatic carbocycles. The molecule has 0 unspecified atom stereocenters. The Balaban J connectivity index is 2.19. The number of tetrazole rings is 1.